The molecular weight excluding hydrogens is 92.1 g/mol. The predicted molar refractivity (Wildman–Crippen MR) is 23.4 cm³/mol. The van der Waals surface area contributed by atoms with E-state index in [0.29, 0.717) is 0 Å². The summed E-state index contributed by atoms with van der Waals surface area (Å²) in [6.07, 6.45) is 8.50. The molecule has 0 spiro atoms. The number of ether oxygens (including phenoxy) is 1. The van der Waals surface area contributed by atoms with Gasteiger partial charge in [0.25, 0.3) is 0 Å². The molecule has 0 saturated carbocycles. The fraction of sp³-hybridized carbons (Fsp3) is 0. The molecule has 0 aliphatic carbocycles. The Morgan fingerprint density at radius 3 is 2.71 bits per heavy atom. The molecule has 0 bridgehead atoms. The third-order valence-corrected chi connectivity index (χ3v) is 0.318. The summed E-state index contributed by atoms with van der Waals surface area (Å²) in [6.45, 7) is 3.08. The van der Waals surface area contributed by atoms with Crippen LogP contribution in [0.2, 0.25) is 0 Å². The molecule has 0 amide bonds. The maximum atomic E-state index is 9.89. The summed E-state index contributed by atoms with van der Waals surface area (Å²) >= 11 is 0. The van der Waals surface area contributed by atoms with Crippen molar-refractivity contribution in [2.75, 3.05) is 0 Å². The summed E-state index contributed by atoms with van der Waals surface area (Å²) in [5.41, 5.74) is 0. The Bertz CT molecular complexity index is 119. The van der Waals surface area contributed by atoms with Crippen molar-refractivity contribution < 1.29 is 9.53 Å². The van der Waals surface area contributed by atoms with Crippen molar-refractivity contribution in [3.05, 3.63) is 19.1 Å². The van der Waals surface area contributed by atoms with E-state index in [4.69, 9.17) is 6.42 Å². The molecule has 34 valence electrons. The van der Waals surface area contributed by atoms with Crippen LogP contribution in [0.4, 0.5) is 0 Å². The molecule has 0 aromatic rings. The van der Waals surface area contributed by atoms with Crippen LogP contribution in [0.3, 0.4) is 0 Å². The summed E-state index contributed by atoms with van der Waals surface area (Å²) in [4.78, 5) is 9.89. The maximum absolute atomic E-state index is 9.89. The molecule has 0 fully saturated rings. The first-order valence-electron chi connectivity index (χ1n) is 1.56. The second-order valence-electron chi connectivity index (χ2n) is 0.727. The zero-order valence-electron chi connectivity index (χ0n) is 3.60. The fourth-order valence-corrected chi connectivity index (χ4v) is 0.0920. The summed E-state index contributed by atoms with van der Waals surface area (Å²) < 4.78 is 3.85. The van der Waals surface area contributed by atoms with E-state index in [1.807, 2.05) is 0 Å². The molecule has 0 aromatic heterocycles. The van der Waals surface area contributed by atoms with Gasteiger partial charge >= 0.3 is 40.7 Å². The summed E-state index contributed by atoms with van der Waals surface area (Å²) in [5.74, 6) is -0.657. The Kier molecular flexibility index (Phi) is 2.73. The Morgan fingerprint density at radius 1 is 2.00 bits per heavy atom. The van der Waals surface area contributed by atoms with E-state index in [1.165, 1.54) is 6.11 Å². The second kappa shape index (κ2) is 3.19. The van der Waals surface area contributed by atoms with E-state index in [9.17, 15) is 4.79 Å². The first-order chi connectivity index (χ1) is 3.31. The van der Waals surface area contributed by atoms with Crippen LogP contribution in [0, 0.1) is 12.5 Å². The third-order valence-electron chi connectivity index (χ3n) is 0.318. The number of hydrogen-bond acceptors (Lipinski definition) is 2. The molecule has 2 heteroatoms. The molecule has 0 unspecified atom stereocenters. The van der Waals surface area contributed by atoms with E-state index in [0.717, 1.165) is 6.08 Å². The molecule has 0 N–H and O–H groups in total. The van der Waals surface area contributed by atoms with Gasteiger partial charge in [-0.2, -0.15) is 0 Å². The number of hydrogen-bond donors (Lipinski definition) is 0. The normalized spacial score (nSPS) is 6.57. The van der Waals surface area contributed by atoms with Gasteiger partial charge in [-0.1, -0.05) is 0 Å². The molecule has 0 rings (SSSR count). The molecule has 0 aromatic carbocycles. The predicted octanol–water partition coefficient (Wildman–Crippen LogP) is 0.263. The van der Waals surface area contributed by atoms with Crippen LogP contribution in [0.25, 0.3) is 0 Å². The number of rotatable bonds is 1. The first-order valence-corrected chi connectivity index (χ1v) is 1.56. The van der Waals surface area contributed by atoms with Crippen LogP contribution in [0.15, 0.2) is 12.7 Å². The van der Waals surface area contributed by atoms with Gasteiger partial charge in [0.15, 0.2) is 0 Å². The first kappa shape index (κ1) is 5.99. The summed E-state index contributed by atoms with van der Waals surface area (Å²) in [6, 6.07) is 0. The van der Waals surface area contributed by atoms with Gasteiger partial charge in [0.05, 0.1) is 0 Å². The van der Waals surface area contributed by atoms with E-state index >= 15 is 0 Å². The van der Waals surface area contributed by atoms with Crippen molar-refractivity contribution in [3.63, 3.8) is 0 Å². The van der Waals surface area contributed by atoms with Crippen molar-refractivity contribution in [2.24, 2.45) is 0 Å². The number of carbonyl (C=O) groups is 1. The van der Waals surface area contributed by atoms with E-state index in [-0.39, 0.29) is 0 Å². The van der Waals surface area contributed by atoms with Crippen LogP contribution >= 0.6 is 0 Å². The topological polar surface area (TPSA) is 26.3 Å². The zero-order chi connectivity index (χ0) is 5.70. The van der Waals surface area contributed by atoms with Crippen molar-refractivity contribution in [2.45, 2.75) is 0 Å². The van der Waals surface area contributed by atoms with Gasteiger partial charge in [-0.05, 0) is 0 Å². The van der Waals surface area contributed by atoms with Gasteiger partial charge in [0, 0.05) is 0 Å². The third kappa shape index (κ3) is 2.80. The Morgan fingerprint density at radius 2 is 2.57 bits per heavy atom. The molecule has 2 nitrogen and oxygen atoms in total. The van der Waals surface area contributed by atoms with Gasteiger partial charge < -0.3 is 0 Å². The minimum atomic E-state index is -0.657. The van der Waals surface area contributed by atoms with Crippen molar-refractivity contribution in [3.8, 4) is 6.11 Å². The van der Waals surface area contributed by atoms with Crippen LogP contribution in [0.1, 0.15) is 0 Å². The van der Waals surface area contributed by atoms with Gasteiger partial charge in [-0.25, -0.2) is 0 Å². The number of esters is 1. The Hall–Kier alpha value is -1.01. The molecule has 0 atom stereocenters. The van der Waals surface area contributed by atoms with Crippen LogP contribution < -0.4 is 0 Å². The van der Waals surface area contributed by atoms with Gasteiger partial charge in [0.2, 0.25) is 0 Å². The SMILES string of the molecule is [C+]#COC(=O)C=C. The quantitative estimate of drug-likeness (QED) is 0.202. The molecule has 7 heavy (non-hydrogen) atoms. The average Bonchev–Trinajstić information content (AvgIpc) is 1.68. The van der Waals surface area contributed by atoms with E-state index in [1.54, 1.807) is 0 Å². The van der Waals surface area contributed by atoms with Crippen molar-refractivity contribution in [1.29, 1.82) is 0 Å². The van der Waals surface area contributed by atoms with Crippen LogP contribution in [-0.4, -0.2) is 5.97 Å². The van der Waals surface area contributed by atoms with Gasteiger partial charge in [0.1, 0.15) is 0 Å². The fourth-order valence-electron chi connectivity index (χ4n) is 0.0920. The van der Waals surface area contributed by atoms with Gasteiger partial charge in [-0.15, -0.1) is 0 Å². The van der Waals surface area contributed by atoms with E-state index < -0.39 is 5.97 Å². The average molecular weight is 95.1 g/mol. The van der Waals surface area contributed by atoms with Gasteiger partial charge in [-0.3, -0.25) is 0 Å². The standard InChI is InChI=1S/C5H3O2/c1-3-5(6)7-4-2/h3H,1H2/q+1. The zero-order valence-corrected chi connectivity index (χ0v) is 3.60. The summed E-state index contributed by atoms with van der Waals surface area (Å²) in [7, 11) is 0. The summed E-state index contributed by atoms with van der Waals surface area (Å²) in [5, 5.41) is 0. The van der Waals surface area contributed by atoms with Crippen LogP contribution in [0.5, 0.6) is 0 Å². The molecular formula is C5H3O2+. The molecule has 0 heterocycles. The minimum absolute atomic E-state index is 0.657. The Labute approximate surface area is 41.8 Å². The van der Waals surface area contributed by atoms with Crippen molar-refractivity contribution in [1.82, 2.24) is 0 Å². The molecule has 0 saturated heterocycles. The Balaban J connectivity index is 3.42. The molecule has 0 aliphatic heterocycles. The number of carbonyl (C=O) groups excluding carboxylic acids is 1. The van der Waals surface area contributed by atoms with E-state index in [2.05, 4.69) is 11.3 Å². The van der Waals surface area contributed by atoms with Crippen LogP contribution in [-0.2, 0) is 9.53 Å². The second-order valence-corrected chi connectivity index (χ2v) is 0.727. The van der Waals surface area contributed by atoms with Crippen molar-refractivity contribution >= 4 is 5.97 Å². The molecule has 0 radical (unpaired) electrons. The molecule has 0 aliphatic rings. The monoisotopic (exact) mass is 95.0 g/mol.